The second kappa shape index (κ2) is 16.6. The molecule has 0 heterocycles. The monoisotopic (exact) mass is 466 g/mol. The topological polar surface area (TPSA) is 120 Å². The summed E-state index contributed by atoms with van der Waals surface area (Å²) in [5.74, 6) is -4.83. The van der Waals surface area contributed by atoms with Crippen LogP contribution >= 0.6 is 0 Å². The zero-order valence-corrected chi connectivity index (χ0v) is 20.3. The Morgan fingerprint density at radius 1 is 0.727 bits per heavy atom. The average Bonchev–Trinajstić information content (AvgIpc) is 2.78. The van der Waals surface area contributed by atoms with Crippen LogP contribution in [-0.2, 0) is 23.8 Å². The van der Waals surface area contributed by atoms with Crippen molar-refractivity contribution in [1.29, 1.82) is 0 Å². The Hall–Kier alpha value is -1.98. The highest BCUT2D eigenvalue weighted by molar-refractivity contribution is 5.91. The quantitative estimate of drug-likeness (QED) is 0.177. The molecule has 0 aromatic carbocycles. The number of nitrogens with two attached hydrogens (primary N) is 2. The highest BCUT2D eigenvalue weighted by Gasteiger charge is 2.52. The lowest BCUT2D eigenvalue weighted by Gasteiger charge is -2.44. The normalized spacial score (nSPS) is 15.0. The van der Waals surface area contributed by atoms with E-state index in [-0.39, 0.29) is 39.4 Å². The number of nitrogens with zero attached hydrogens (tertiary/aromatic N) is 2. The van der Waals surface area contributed by atoms with Crippen LogP contribution in [0.1, 0.15) is 13.8 Å². The number of ether oxygens (including phenoxy) is 3. The fraction of sp³-hybridized carbons (Fsp3) is 0.583. The molecule has 0 saturated carbocycles. The fourth-order valence-corrected chi connectivity index (χ4v) is 3.44. The summed E-state index contributed by atoms with van der Waals surface area (Å²) in [6.07, 6.45) is 6.74. The number of hydrogen-bond donors (Lipinski definition) is 2. The van der Waals surface area contributed by atoms with Gasteiger partial charge in [0.05, 0.1) is 26.2 Å². The fourth-order valence-electron chi connectivity index (χ4n) is 3.44. The molecule has 188 valence electrons. The maximum Gasteiger partial charge on any atom is 0.246 e. The van der Waals surface area contributed by atoms with E-state index in [1.807, 2.05) is 9.80 Å². The number of ketones is 2. The third-order valence-corrected chi connectivity index (χ3v) is 4.72. The van der Waals surface area contributed by atoms with Crippen LogP contribution in [0.15, 0.2) is 50.6 Å². The van der Waals surface area contributed by atoms with Gasteiger partial charge in [-0.1, -0.05) is 24.3 Å². The van der Waals surface area contributed by atoms with Gasteiger partial charge in [0.2, 0.25) is 23.1 Å². The molecule has 0 bridgehead atoms. The first-order valence-electron chi connectivity index (χ1n) is 11.1. The summed E-state index contributed by atoms with van der Waals surface area (Å²) in [6.45, 7) is 19.7. The van der Waals surface area contributed by atoms with Crippen LogP contribution in [0.3, 0.4) is 0 Å². The largest absolute Gasteiger partial charge is 0.343 e. The molecule has 0 aliphatic rings. The van der Waals surface area contributed by atoms with Gasteiger partial charge in [0.1, 0.15) is 0 Å². The summed E-state index contributed by atoms with van der Waals surface area (Å²) in [6, 6.07) is 0. The van der Waals surface area contributed by atoms with Crippen LogP contribution in [0, 0.1) is 0 Å². The molecule has 0 rings (SSSR count). The predicted molar refractivity (Wildman–Crippen MR) is 132 cm³/mol. The maximum atomic E-state index is 13.2. The van der Waals surface area contributed by atoms with Gasteiger partial charge >= 0.3 is 0 Å². The van der Waals surface area contributed by atoms with Crippen molar-refractivity contribution in [3.8, 4) is 0 Å². The highest BCUT2D eigenvalue weighted by atomic mass is 16.8. The Morgan fingerprint density at radius 2 is 1.03 bits per heavy atom. The van der Waals surface area contributed by atoms with Crippen molar-refractivity contribution in [3.63, 3.8) is 0 Å². The lowest BCUT2D eigenvalue weighted by atomic mass is 10.1. The second-order valence-corrected chi connectivity index (χ2v) is 7.27. The summed E-state index contributed by atoms with van der Waals surface area (Å²) in [5, 5.41) is 0. The molecule has 0 amide bonds. The van der Waals surface area contributed by atoms with Crippen molar-refractivity contribution in [2.24, 2.45) is 11.5 Å². The van der Waals surface area contributed by atoms with Crippen LogP contribution in [0.5, 0.6) is 0 Å². The minimum atomic E-state index is -1.89. The Kier molecular flexibility index (Phi) is 15.6. The van der Waals surface area contributed by atoms with Gasteiger partial charge in [0.25, 0.3) is 0 Å². The number of Topliss-reactive ketones (excluding diaryl/α,β-unsaturated/α-hetero) is 2. The Morgan fingerprint density at radius 3 is 1.24 bits per heavy atom. The predicted octanol–water partition coefficient (Wildman–Crippen LogP) is 0.872. The number of carbonyl (C=O) groups is 2. The SMILES string of the molecule is C=CCN(CC=C)CC(OCC)(OC(CN(CC=C)CC=C)(OCC)C(=O)CN)C(=O)CN. The summed E-state index contributed by atoms with van der Waals surface area (Å²) >= 11 is 0. The molecule has 0 spiro atoms. The van der Waals surface area contributed by atoms with E-state index in [4.69, 9.17) is 25.7 Å². The summed E-state index contributed by atoms with van der Waals surface area (Å²) in [4.78, 5) is 30.1. The molecule has 9 heteroatoms. The molecule has 0 saturated heterocycles. The van der Waals surface area contributed by atoms with E-state index in [0.29, 0.717) is 26.2 Å². The molecule has 2 atom stereocenters. The third kappa shape index (κ3) is 9.42. The van der Waals surface area contributed by atoms with E-state index in [9.17, 15) is 9.59 Å². The van der Waals surface area contributed by atoms with Gasteiger partial charge in [-0.15, -0.1) is 26.3 Å². The van der Waals surface area contributed by atoms with Gasteiger partial charge in [0.15, 0.2) is 0 Å². The molecule has 9 nitrogen and oxygen atoms in total. The third-order valence-electron chi connectivity index (χ3n) is 4.72. The Labute approximate surface area is 198 Å². The van der Waals surface area contributed by atoms with Gasteiger partial charge < -0.3 is 25.7 Å². The lowest BCUT2D eigenvalue weighted by molar-refractivity contribution is -0.332. The van der Waals surface area contributed by atoms with Gasteiger partial charge in [-0.05, 0) is 13.8 Å². The molecular weight excluding hydrogens is 424 g/mol. The van der Waals surface area contributed by atoms with E-state index in [1.54, 1.807) is 38.2 Å². The smallest absolute Gasteiger partial charge is 0.246 e. The lowest BCUT2D eigenvalue weighted by Crippen LogP contribution is -2.65. The molecular formula is C24H42N4O5. The van der Waals surface area contributed by atoms with Crippen LogP contribution < -0.4 is 11.5 Å². The first kappa shape index (κ1) is 31.0. The number of rotatable bonds is 22. The molecule has 0 aromatic heterocycles. The molecule has 0 fully saturated rings. The van der Waals surface area contributed by atoms with Gasteiger partial charge in [-0.2, -0.15) is 0 Å². The van der Waals surface area contributed by atoms with Gasteiger partial charge in [0, 0.05) is 39.4 Å². The van der Waals surface area contributed by atoms with Crippen molar-refractivity contribution in [2.45, 2.75) is 25.4 Å². The van der Waals surface area contributed by atoms with E-state index in [0.717, 1.165) is 0 Å². The van der Waals surface area contributed by atoms with E-state index in [2.05, 4.69) is 26.3 Å². The molecule has 0 radical (unpaired) electrons. The Bertz CT molecular complexity index is 583. The average molecular weight is 467 g/mol. The maximum absolute atomic E-state index is 13.2. The molecule has 0 aliphatic carbocycles. The van der Waals surface area contributed by atoms with Crippen molar-refractivity contribution in [1.82, 2.24) is 9.80 Å². The van der Waals surface area contributed by atoms with Crippen LogP contribution in [0.4, 0.5) is 0 Å². The number of carbonyl (C=O) groups excluding carboxylic acids is 2. The summed E-state index contributed by atoms with van der Waals surface area (Å²) in [7, 11) is 0. The zero-order valence-electron chi connectivity index (χ0n) is 20.3. The van der Waals surface area contributed by atoms with E-state index < -0.39 is 23.1 Å². The van der Waals surface area contributed by atoms with E-state index in [1.165, 1.54) is 0 Å². The summed E-state index contributed by atoms with van der Waals surface area (Å²) in [5.41, 5.74) is 11.5. The van der Waals surface area contributed by atoms with Crippen molar-refractivity contribution in [2.75, 3.05) is 65.6 Å². The first-order chi connectivity index (χ1) is 15.8. The van der Waals surface area contributed by atoms with Crippen LogP contribution in [-0.4, -0.2) is 98.5 Å². The van der Waals surface area contributed by atoms with Crippen LogP contribution in [0.2, 0.25) is 0 Å². The minimum absolute atomic E-state index is 0.0233. The molecule has 0 aromatic rings. The number of hydrogen-bond acceptors (Lipinski definition) is 9. The van der Waals surface area contributed by atoms with Crippen molar-refractivity contribution in [3.05, 3.63) is 50.6 Å². The zero-order chi connectivity index (χ0) is 25.3. The molecule has 4 N–H and O–H groups in total. The first-order valence-corrected chi connectivity index (χ1v) is 11.1. The Balaban J connectivity index is 6.67. The molecule has 2 unspecified atom stereocenters. The molecule has 33 heavy (non-hydrogen) atoms. The molecule has 0 aliphatic heterocycles. The second-order valence-electron chi connectivity index (χ2n) is 7.27. The minimum Gasteiger partial charge on any atom is -0.343 e. The standard InChI is InChI=1S/C24H42N4O5/c1-7-13-27(14-8-2)19-23(31-11-5,21(29)17-25)33-24(32-12-6,22(30)18-26)20-28(15-9-3)16-10-4/h7-10H,1-4,11-20,25-26H2,5-6H3. The van der Waals surface area contributed by atoms with E-state index >= 15 is 0 Å². The van der Waals surface area contributed by atoms with Crippen molar-refractivity contribution >= 4 is 11.6 Å². The van der Waals surface area contributed by atoms with Crippen molar-refractivity contribution < 1.29 is 23.8 Å². The summed E-state index contributed by atoms with van der Waals surface area (Å²) < 4.78 is 18.2. The highest BCUT2D eigenvalue weighted by Crippen LogP contribution is 2.29. The van der Waals surface area contributed by atoms with Gasteiger partial charge in [-0.25, -0.2) is 0 Å². The van der Waals surface area contributed by atoms with Gasteiger partial charge in [-0.3, -0.25) is 19.4 Å². The van der Waals surface area contributed by atoms with Crippen LogP contribution in [0.25, 0.3) is 0 Å².